The zero-order valence-corrected chi connectivity index (χ0v) is 19.0. The van der Waals surface area contributed by atoms with E-state index < -0.39 is 0 Å². The number of hydrogen-bond donors (Lipinski definition) is 2. The monoisotopic (exact) mass is 454 g/mol. The molecule has 0 fully saturated rings. The first kappa shape index (κ1) is 26.3. The van der Waals surface area contributed by atoms with Crippen LogP contribution in [0.25, 0.3) is 11.1 Å². The summed E-state index contributed by atoms with van der Waals surface area (Å²) in [6, 6.07) is 13.5. The summed E-state index contributed by atoms with van der Waals surface area (Å²) in [6.45, 7) is 8.20. The summed E-state index contributed by atoms with van der Waals surface area (Å²) in [7, 11) is 0. The summed E-state index contributed by atoms with van der Waals surface area (Å²) in [5, 5.41) is 6.61. The summed E-state index contributed by atoms with van der Waals surface area (Å²) < 4.78 is 25.4. The van der Waals surface area contributed by atoms with Gasteiger partial charge in [-0.05, 0) is 72.3 Å². The molecule has 2 aliphatic heterocycles. The lowest BCUT2D eigenvalue weighted by Gasteiger charge is -2.21. The van der Waals surface area contributed by atoms with Crippen molar-refractivity contribution in [3.63, 3.8) is 0 Å². The Labute approximate surface area is 190 Å². The number of nitrogens with one attached hydrogen (secondary N) is 2. The van der Waals surface area contributed by atoms with E-state index in [1.165, 1.54) is 41.0 Å². The van der Waals surface area contributed by atoms with Gasteiger partial charge in [-0.25, -0.2) is 8.78 Å². The highest BCUT2D eigenvalue weighted by Gasteiger charge is 2.13. The number of halogens is 4. The van der Waals surface area contributed by atoms with E-state index in [2.05, 4.69) is 30.6 Å². The van der Waals surface area contributed by atoms with Gasteiger partial charge in [0.2, 0.25) is 0 Å². The maximum Gasteiger partial charge on any atom is 0.123 e. The molecule has 2 aliphatic rings. The van der Waals surface area contributed by atoms with Crippen LogP contribution >= 0.6 is 24.8 Å². The minimum absolute atomic E-state index is 0. The molecule has 30 heavy (non-hydrogen) atoms. The lowest BCUT2D eigenvalue weighted by atomic mass is 9.91. The Hall–Kier alpha value is -1.72. The molecule has 2 aromatic carbocycles. The molecule has 1 unspecified atom stereocenters. The molecular formula is C24H30Cl2F2N2. The quantitative estimate of drug-likeness (QED) is 0.591. The molecule has 0 spiro atoms. The molecule has 164 valence electrons. The van der Waals surface area contributed by atoms with Crippen LogP contribution in [-0.2, 0) is 0 Å². The Balaban J connectivity index is 0.000000281. The van der Waals surface area contributed by atoms with Crippen LogP contribution in [0.3, 0.4) is 0 Å². The molecule has 0 aliphatic carbocycles. The summed E-state index contributed by atoms with van der Waals surface area (Å²) >= 11 is 0. The van der Waals surface area contributed by atoms with Gasteiger partial charge in [0.1, 0.15) is 11.6 Å². The second-order valence-electron chi connectivity index (χ2n) is 7.42. The van der Waals surface area contributed by atoms with Gasteiger partial charge in [-0.15, -0.1) is 24.8 Å². The van der Waals surface area contributed by atoms with Crippen LogP contribution in [0.4, 0.5) is 8.78 Å². The van der Waals surface area contributed by atoms with E-state index in [1.807, 2.05) is 24.3 Å². The first-order valence-electron chi connectivity index (χ1n) is 9.86. The highest BCUT2D eigenvalue weighted by molar-refractivity contribution is 5.85. The topological polar surface area (TPSA) is 24.1 Å². The largest absolute Gasteiger partial charge is 0.313 e. The van der Waals surface area contributed by atoms with Crippen molar-refractivity contribution in [2.24, 2.45) is 5.92 Å². The van der Waals surface area contributed by atoms with Crippen molar-refractivity contribution in [1.29, 1.82) is 0 Å². The third-order valence-electron chi connectivity index (χ3n) is 5.28. The maximum absolute atomic E-state index is 12.7. The van der Waals surface area contributed by atoms with E-state index in [1.54, 1.807) is 0 Å². The summed E-state index contributed by atoms with van der Waals surface area (Å²) in [6.07, 6.45) is 3.22. The first-order chi connectivity index (χ1) is 13.5. The van der Waals surface area contributed by atoms with Gasteiger partial charge in [0, 0.05) is 19.6 Å². The van der Waals surface area contributed by atoms with Gasteiger partial charge < -0.3 is 10.6 Å². The normalized spacial score (nSPS) is 18.3. The predicted octanol–water partition coefficient (Wildman–Crippen LogP) is 5.88. The molecule has 1 atom stereocenters. The molecule has 4 rings (SSSR count). The van der Waals surface area contributed by atoms with Crippen molar-refractivity contribution in [1.82, 2.24) is 10.6 Å². The van der Waals surface area contributed by atoms with Gasteiger partial charge in [-0.1, -0.05) is 42.8 Å². The van der Waals surface area contributed by atoms with Crippen LogP contribution in [0.1, 0.15) is 31.4 Å². The van der Waals surface area contributed by atoms with Crippen LogP contribution in [0.5, 0.6) is 0 Å². The number of hydrogen-bond acceptors (Lipinski definition) is 2. The molecule has 0 saturated heterocycles. The van der Waals surface area contributed by atoms with Crippen LogP contribution < -0.4 is 10.6 Å². The molecule has 2 aromatic rings. The molecule has 0 aromatic heterocycles. The maximum atomic E-state index is 12.7. The van der Waals surface area contributed by atoms with Crippen molar-refractivity contribution < 1.29 is 8.78 Å². The Bertz CT molecular complexity index is 847. The van der Waals surface area contributed by atoms with Crippen molar-refractivity contribution in [2.45, 2.75) is 20.3 Å². The molecular weight excluding hydrogens is 425 g/mol. The highest BCUT2D eigenvalue weighted by atomic mass is 35.5. The van der Waals surface area contributed by atoms with E-state index >= 15 is 0 Å². The van der Waals surface area contributed by atoms with Crippen LogP contribution in [0.15, 0.2) is 60.2 Å². The van der Waals surface area contributed by atoms with E-state index in [0.29, 0.717) is 5.92 Å². The fourth-order valence-corrected chi connectivity index (χ4v) is 3.69. The van der Waals surface area contributed by atoms with Gasteiger partial charge in [0.05, 0.1) is 0 Å². The second-order valence-corrected chi connectivity index (χ2v) is 7.42. The molecule has 0 radical (unpaired) electrons. The van der Waals surface area contributed by atoms with Gasteiger partial charge >= 0.3 is 0 Å². The van der Waals surface area contributed by atoms with Crippen molar-refractivity contribution in [2.75, 3.05) is 26.2 Å². The number of benzene rings is 2. The zero-order chi connectivity index (χ0) is 19.9. The molecule has 6 heteroatoms. The Morgan fingerprint density at radius 3 is 1.93 bits per heavy atom. The zero-order valence-electron chi connectivity index (χ0n) is 17.4. The molecule has 0 bridgehead atoms. The first-order valence-corrected chi connectivity index (χ1v) is 9.86. The van der Waals surface area contributed by atoms with E-state index in [-0.39, 0.29) is 36.4 Å². The summed E-state index contributed by atoms with van der Waals surface area (Å²) in [5.41, 5.74) is 6.35. The lowest BCUT2D eigenvalue weighted by molar-refractivity contribution is 0.613. The summed E-state index contributed by atoms with van der Waals surface area (Å²) in [4.78, 5) is 0. The Kier molecular flexibility index (Phi) is 11.3. The second kappa shape index (κ2) is 12.9. The Morgan fingerprint density at radius 2 is 1.40 bits per heavy atom. The lowest BCUT2D eigenvalue weighted by Crippen LogP contribution is -2.26. The number of rotatable bonds is 2. The smallest absolute Gasteiger partial charge is 0.123 e. The van der Waals surface area contributed by atoms with E-state index in [4.69, 9.17) is 0 Å². The third-order valence-corrected chi connectivity index (χ3v) is 5.28. The van der Waals surface area contributed by atoms with Crippen LogP contribution in [0, 0.1) is 17.6 Å². The average Bonchev–Trinajstić information content (AvgIpc) is 2.71. The van der Waals surface area contributed by atoms with Crippen LogP contribution in [-0.4, -0.2) is 26.2 Å². The third kappa shape index (κ3) is 7.21. The minimum atomic E-state index is -0.170. The van der Waals surface area contributed by atoms with Crippen LogP contribution in [0.2, 0.25) is 0 Å². The predicted molar refractivity (Wildman–Crippen MR) is 127 cm³/mol. The van der Waals surface area contributed by atoms with Gasteiger partial charge in [0.25, 0.3) is 0 Å². The fraction of sp³-hybridized carbons (Fsp3) is 0.333. The Morgan fingerprint density at radius 1 is 0.833 bits per heavy atom. The van der Waals surface area contributed by atoms with Gasteiger partial charge in [-0.2, -0.15) is 0 Å². The highest BCUT2D eigenvalue weighted by Crippen LogP contribution is 2.25. The van der Waals surface area contributed by atoms with Crippen molar-refractivity contribution in [3.05, 3.63) is 82.9 Å². The van der Waals surface area contributed by atoms with Crippen molar-refractivity contribution >= 4 is 36.0 Å². The van der Waals surface area contributed by atoms with Gasteiger partial charge in [0.15, 0.2) is 0 Å². The fourth-order valence-electron chi connectivity index (χ4n) is 3.69. The minimum Gasteiger partial charge on any atom is -0.313 e. The molecule has 2 nitrogen and oxygen atoms in total. The van der Waals surface area contributed by atoms with E-state index in [9.17, 15) is 8.78 Å². The SMILES string of the molecule is CC1=C(c2ccc(F)cc2)CCNC1.CC1CNCC=C1c1ccc(F)cc1.Cl.Cl. The molecule has 2 N–H and O–H groups in total. The summed E-state index contributed by atoms with van der Waals surface area (Å²) in [5.74, 6) is 0.172. The van der Waals surface area contributed by atoms with E-state index in [0.717, 1.165) is 43.7 Å². The molecule has 2 heterocycles. The average molecular weight is 455 g/mol. The molecule has 0 saturated carbocycles. The molecule has 0 amide bonds. The standard InChI is InChI=1S/2C12H14FN.2ClH/c2*1-9-8-14-7-6-12(9)10-2-4-11(13)5-3-10;;/h2-5,14H,6-8H2,1H3;2-6,9,14H,7-8H2,1H3;2*1H. The van der Waals surface area contributed by atoms with Gasteiger partial charge in [-0.3, -0.25) is 0 Å². The van der Waals surface area contributed by atoms with Crippen molar-refractivity contribution in [3.8, 4) is 0 Å².